The minimum Gasteiger partial charge on any atom is -0.445 e. The van der Waals surface area contributed by atoms with Gasteiger partial charge in [0.1, 0.15) is 18.1 Å². The molecule has 0 fully saturated rings. The molecular weight excluding hydrogens is 416 g/mol. The van der Waals surface area contributed by atoms with Crippen molar-refractivity contribution in [3.63, 3.8) is 0 Å². The van der Waals surface area contributed by atoms with Gasteiger partial charge in [-0.2, -0.15) is 5.10 Å². The number of aromatic amines is 1. The Morgan fingerprint density at radius 3 is 2.45 bits per heavy atom. The van der Waals surface area contributed by atoms with E-state index in [2.05, 4.69) is 38.4 Å². The van der Waals surface area contributed by atoms with Crippen molar-refractivity contribution < 1.29 is 9.53 Å². The molecule has 0 bridgehead atoms. The second-order valence-electron chi connectivity index (χ2n) is 7.51. The number of aryl methyl sites for hydroxylation is 1. The molecule has 8 nitrogen and oxygen atoms in total. The highest BCUT2D eigenvalue weighted by Crippen LogP contribution is 2.35. The first-order chi connectivity index (χ1) is 16.1. The van der Waals surface area contributed by atoms with Gasteiger partial charge in [-0.05, 0) is 30.2 Å². The summed E-state index contributed by atoms with van der Waals surface area (Å²) in [5.41, 5.74) is 11.2. The fourth-order valence-electron chi connectivity index (χ4n) is 3.71. The highest BCUT2D eigenvalue weighted by atomic mass is 16.5. The monoisotopic (exact) mass is 436 g/mol. The summed E-state index contributed by atoms with van der Waals surface area (Å²) in [7, 11) is 0. The van der Waals surface area contributed by atoms with E-state index < -0.39 is 6.09 Å². The lowest BCUT2D eigenvalue weighted by Gasteiger charge is -2.13. The highest BCUT2D eigenvalue weighted by molar-refractivity contribution is 5.97. The number of carbonyl (C=O) groups excluding carboxylic acids is 1. The number of primary amides is 1. The van der Waals surface area contributed by atoms with Gasteiger partial charge in [0, 0.05) is 22.7 Å². The summed E-state index contributed by atoms with van der Waals surface area (Å²) in [6.07, 6.45) is 0.923. The van der Waals surface area contributed by atoms with Crippen LogP contribution in [0.2, 0.25) is 0 Å². The number of rotatable bonds is 5. The van der Waals surface area contributed by atoms with Gasteiger partial charge in [-0.1, -0.05) is 54.6 Å². The molecule has 3 N–H and O–H groups in total. The average Bonchev–Trinajstić information content (AvgIpc) is 3.28. The van der Waals surface area contributed by atoms with Crippen molar-refractivity contribution in [1.29, 1.82) is 0 Å². The molecule has 0 unspecified atom stereocenters. The van der Waals surface area contributed by atoms with Crippen LogP contribution in [0.25, 0.3) is 44.8 Å². The Morgan fingerprint density at radius 2 is 1.76 bits per heavy atom. The zero-order valence-electron chi connectivity index (χ0n) is 17.8. The third-order valence-electron chi connectivity index (χ3n) is 5.26. The summed E-state index contributed by atoms with van der Waals surface area (Å²) < 4.78 is 4.88. The van der Waals surface area contributed by atoms with Crippen molar-refractivity contribution in [3.8, 4) is 33.9 Å². The Morgan fingerprint density at radius 1 is 0.970 bits per heavy atom. The van der Waals surface area contributed by atoms with Gasteiger partial charge in [0.2, 0.25) is 0 Å². The van der Waals surface area contributed by atoms with Crippen LogP contribution in [0.5, 0.6) is 0 Å². The summed E-state index contributed by atoms with van der Waals surface area (Å²) in [5, 5.41) is 7.97. The van der Waals surface area contributed by atoms with E-state index in [1.807, 2.05) is 55.5 Å². The maximum absolute atomic E-state index is 10.9. The molecule has 5 aromatic rings. The van der Waals surface area contributed by atoms with E-state index in [1.165, 1.54) is 0 Å². The van der Waals surface area contributed by atoms with Crippen molar-refractivity contribution in [1.82, 2.24) is 25.1 Å². The Hall–Kier alpha value is -4.59. The lowest BCUT2D eigenvalue weighted by Crippen LogP contribution is -2.12. The molecule has 3 aromatic heterocycles. The smallest absolute Gasteiger partial charge is 0.404 e. The highest BCUT2D eigenvalue weighted by Gasteiger charge is 2.16. The summed E-state index contributed by atoms with van der Waals surface area (Å²) in [4.78, 5) is 24.9. The third-order valence-corrected chi connectivity index (χ3v) is 5.26. The van der Waals surface area contributed by atoms with Gasteiger partial charge in [-0.15, -0.1) is 0 Å². The molecule has 0 atom stereocenters. The van der Waals surface area contributed by atoms with Crippen molar-refractivity contribution in [2.24, 2.45) is 5.73 Å². The topological polar surface area (TPSA) is 120 Å². The van der Waals surface area contributed by atoms with E-state index in [4.69, 9.17) is 15.5 Å². The van der Waals surface area contributed by atoms with E-state index in [0.29, 0.717) is 17.3 Å². The van der Waals surface area contributed by atoms with Gasteiger partial charge < -0.3 is 10.5 Å². The molecule has 0 saturated carbocycles. The maximum Gasteiger partial charge on any atom is 0.404 e. The van der Waals surface area contributed by atoms with Gasteiger partial charge in [0.15, 0.2) is 5.82 Å². The lowest BCUT2D eigenvalue weighted by atomic mass is 9.96. The Balaban J connectivity index is 1.67. The normalized spacial score (nSPS) is 10.9. The minimum atomic E-state index is -0.798. The third kappa shape index (κ3) is 4.14. The maximum atomic E-state index is 10.9. The minimum absolute atomic E-state index is 0.123. The van der Waals surface area contributed by atoms with E-state index in [1.54, 1.807) is 6.20 Å². The molecule has 162 valence electrons. The lowest BCUT2D eigenvalue weighted by molar-refractivity contribution is 0.150. The largest absolute Gasteiger partial charge is 0.445 e. The molecule has 33 heavy (non-hydrogen) atoms. The van der Waals surface area contributed by atoms with Gasteiger partial charge >= 0.3 is 6.09 Å². The predicted molar refractivity (Wildman–Crippen MR) is 125 cm³/mol. The molecule has 0 radical (unpaired) electrons. The number of amides is 1. The summed E-state index contributed by atoms with van der Waals surface area (Å²) in [6, 6.07) is 21.8. The summed E-state index contributed by atoms with van der Waals surface area (Å²) >= 11 is 0. The van der Waals surface area contributed by atoms with Crippen LogP contribution in [-0.2, 0) is 11.3 Å². The number of nitrogens with zero attached hydrogens (tertiary/aromatic N) is 4. The zero-order valence-corrected chi connectivity index (χ0v) is 17.8. The molecule has 5 rings (SSSR count). The molecule has 0 aliphatic heterocycles. The standard InChI is InChI=1S/C25H20N6O2/c1-15-28-24(31-30-15)23-20-13-19(17-5-3-2-4-6-17)22(29-21(20)11-12-27-23)18-9-7-16(8-10-18)14-33-25(26)32/h2-13H,14H2,1H3,(H2,26,32)(H,28,30,31). The predicted octanol–water partition coefficient (Wildman–Crippen LogP) is 4.65. The second kappa shape index (κ2) is 8.51. The van der Waals surface area contributed by atoms with E-state index in [-0.39, 0.29) is 6.61 Å². The van der Waals surface area contributed by atoms with Crippen molar-refractivity contribution >= 4 is 17.0 Å². The molecule has 0 aliphatic carbocycles. The number of benzene rings is 2. The van der Waals surface area contributed by atoms with E-state index in [9.17, 15) is 4.79 Å². The number of carbonyl (C=O) groups is 1. The molecule has 0 saturated heterocycles. The quantitative estimate of drug-likeness (QED) is 0.414. The van der Waals surface area contributed by atoms with Crippen molar-refractivity contribution in [2.45, 2.75) is 13.5 Å². The van der Waals surface area contributed by atoms with Crippen LogP contribution in [-0.4, -0.2) is 31.2 Å². The van der Waals surface area contributed by atoms with Crippen LogP contribution in [0.4, 0.5) is 4.79 Å². The fourth-order valence-corrected chi connectivity index (χ4v) is 3.71. The molecule has 8 heteroatoms. The summed E-state index contributed by atoms with van der Waals surface area (Å²) in [6.45, 7) is 1.95. The molecule has 3 heterocycles. The van der Waals surface area contributed by atoms with Crippen LogP contribution >= 0.6 is 0 Å². The SMILES string of the molecule is Cc1n[nH]c(-c2nccc3nc(-c4ccc(COC(N)=O)cc4)c(-c4ccccc4)cc23)n1. The number of H-pyrrole nitrogens is 1. The number of hydrogen-bond donors (Lipinski definition) is 2. The molecular formula is C25H20N6O2. The first kappa shape index (κ1) is 20.3. The van der Waals surface area contributed by atoms with Gasteiger partial charge in [0.05, 0.1) is 11.2 Å². The number of fused-ring (bicyclic) bond motifs is 1. The van der Waals surface area contributed by atoms with Crippen LogP contribution in [0.1, 0.15) is 11.4 Å². The van der Waals surface area contributed by atoms with Crippen molar-refractivity contribution in [2.75, 3.05) is 0 Å². The molecule has 1 amide bonds. The summed E-state index contributed by atoms with van der Waals surface area (Å²) in [5.74, 6) is 1.25. The van der Waals surface area contributed by atoms with Gasteiger partial charge in [0.25, 0.3) is 0 Å². The van der Waals surface area contributed by atoms with Gasteiger partial charge in [-0.25, -0.2) is 14.8 Å². The fraction of sp³-hybridized carbons (Fsp3) is 0.0800. The number of pyridine rings is 2. The number of nitrogens with one attached hydrogen (secondary N) is 1. The van der Waals surface area contributed by atoms with Crippen LogP contribution < -0.4 is 5.73 Å². The number of ether oxygens (including phenoxy) is 1. The Labute approximate surface area is 189 Å². The Kier molecular flexibility index (Phi) is 5.24. The van der Waals surface area contributed by atoms with Gasteiger partial charge in [-0.3, -0.25) is 10.1 Å². The average molecular weight is 436 g/mol. The zero-order chi connectivity index (χ0) is 22.8. The number of hydrogen-bond acceptors (Lipinski definition) is 6. The first-order valence-electron chi connectivity index (χ1n) is 10.3. The van der Waals surface area contributed by atoms with Crippen molar-refractivity contribution in [3.05, 3.63) is 84.3 Å². The molecule has 0 aliphatic rings. The van der Waals surface area contributed by atoms with E-state index >= 15 is 0 Å². The second-order valence-corrected chi connectivity index (χ2v) is 7.51. The Bertz CT molecular complexity index is 1450. The van der Waals surface area contributed by atoms with Crippen LogP contribution in [0.15, 0.2) is 72.9 Å². The van der Waals surface area contributed by atoms with Crippen LogP contribution in [0.3, 0.4) is 0 Å². The molecule has 2 aromatic carbocycles. The number of nitrogens with two attached hydrogens (primary N) is 1. The van der Waals surface area contributed by atoms with E-state index in [0.717, 1.165) is 38.9 Å². The number of aromatic nitrogens is 5. The van der Waals surface area contributed by atoms with Crippen LogP contribution in [0, 0.1) is 6.92 Å². The molecule has 0 spiro atoms. The first-order valence-corrected chi connectivity index (χ1v) is 10.3.